The van der Waals surface area contributed by atoms with E-state index >= 15 is 0 Å². The molecule has 0 aliphatic heterocycles. The number of carbonyl (C=O) groups excluding carboxylic acids is 1. The molecule has 0 aromatic heterocycles. The lowest BCUT2D eigenvalue weighted by Gasteiger charge is -2.28. The van der Waals surface area contributed by atoms with E-state index in [0.717, 1.165) is 47.7 Å². The quantitative estimate of drug-likeness (QED) is 0.556. The number of ether oxygens (including phenoxy) is 1. The van der Waals surface area contributed by atoms with Gasteiger partial charge in [0.1, 0.15) is 5.75 Å². The van der Waals surface area contributed by atoms with Gasteiger partial charge < -0.3 is 15.2 Å². The average Bonchev–Trinajstić information content (AvgIpc) is 3.24. The van der Waals surface area contributed by atoms with E-state index in [1.807, 2.05) is 48.5 Å². The normalized spacial score (nSPS) is 15.1. The highest BCUT2D eigenvalue weighted by Gasteiger charge is 2.42. The molecule has 0 unspecified atom stereocenters. The highest BCUT2D eigenvalue weighted by atomic mass is 35.5. The van der Waals surface area contributed by atoms with Gasteiger partial charge in [0.25, 0.3) is 0 Å². The molecule has 3 aromatic rings. The number of amides is 1. The van der Waals surface area contributed by atoms with Gasteiger partial charge in [0.15, 0.2) is 6.61 Å². The largest absolute Gasteiger partial charge is 0.482 e. The molecule has 2 N–H and O–H groups in total. The predicted octanol–water partition coefficient (Wildman–Crippen LogP) is 5.41. The summed E-state index contributed by atoms with van der Waals surface area (Å²) in [5.41, 5.74) is 1.20. The Bertz CT molecular complexity index is 1090. The van der Waals surface area contributed by atoms with Gasteiger partial charge in [-0.1, -0.05) is 48.7 Å². The second-order valence-corrected chi connectivity index (χ2v) is 8.09. The van der Waals surface area contributed by atoms with Crippen molar-refractivity contribution in [3.05, 3.63) is 71.2 Å². The van der Waals surface area contributed by atoms with Gasteiger partial charge in [-0.05, 0) is 65.6 Å². The smallest absolute Gasteiger partial charge is 0.341 e. The molecule has 5 nitrogen and oxygen atoms in total. The van der Waals surface area contributed by atoms with E-state index in [1.54, 1.807) is 12.1 Å². The number of aliphatic carboxylic acids is 1. The van der Waals surface area contributed by atoms with E-state index in [4.69, 9.17) is 21.4 Å². The Morgan fingerprint density at radius 3 is 2.33 bits per heavy atom. The number of carbonyl (C=O) groups is 2. The SMILES string of the molecule is O=C(O)COc1ccc2cc(NC(=O)C3(c4ccc(Cl)cc4)CCCC3)ccc2c1. The molecule has 1 saturated carbocycles. The second kappa shape index (κ2) is 8.36. The van der Waals surface area contributed by atoms with E-state index in [2.05, 4.69) is 5.32 Å². The molecule has 6 heteroatoms. The van der Waals surface area contributed by atoms with Crippen molar-refractivity contribution in [3.63, 3.8) is 0 Å². The van der Waals surface area contributed by atoms with Gasteiger partial charge in [-0.2, -0.15) is 0 Å². The zero-order valence-corrected chi connectivity index (χ0v) is 17.1. The maximum Gasteiger partial charge on any atom is 0.341 e. The Balaban J connectivity index is 1.56. The van der Waals surface area contributed by atoms with Crippen molar-refractivity contribution < 1.29 is 19.4 Å². The van der Waals surface area contributed by atoms with Crippen molar-refractivity contribution in [2.75, 3.05) is 11.9 Å². The Morgan fingerprint density at radius 2 is 1.63 bits per heavy atom. The molecule has 1 aliphatic rings. The number of hydrogen-bond donors (Lipinski definition) is 2. The van der Waals surface area contributed by atoms with Gasteiger partial charge in [0.05, 0.1) is 5.41 Å². The minimum Gasteiger partial charge on any atom is -0.482 e. The first-order valence-electron chi connectivity index (χ1n) is 9.92. The van der Waals surface area contributed by atoms with E-state index in [9.17, 15) is 9.59 Å². The fourth-order valence-electron chi connectivity index (χ4n) is 4.18. The van der Waals surface area contributed by atoms with Crippen molar-refractivity contribution in [1.82, 2.24) is 0 Å². The van der Waals surface area contributed by atoms with Gasteiger partial charge in [0.2, 0.25) is 5.91 Å². The Hall–Kier alpha value is -3.05. The standard InChI is InChI=1S/C24H22ClNO4/c25-19-7-5-18(6-8-19)24(11-1-2-12-24)23(29)26-20-9-3-17-14-21(30-15-22(27)28)10-4-16(17)13-20/h3-10,13-14H,1-2,11-12,15H2,(H,26,29)(H,27,28). The Labute approximate surface area is 179 Å². The number of benzene rings is 3. The molecule has 0 spiro atoms. The summed E-state index contributed by atoms with van der Waals surface area (Å²) in [5, 5.41) is 14.3. The first-order chi connectivity index (χ1) is 14.5. The van der Waals surface area contributed by atoms with Crippen molar-refractivity contribution in [2.24, 2.45) is 0 Å². The molecule has 1 aliphatic carbocycles. The third-order valence-electron chi connectivity index (χ3n) is 5.72. The maximum absolute atomic E-state index is 13.3. The molecule has 0 heterocycles. The van der Waals surface area contributed by atoms with Gasteiger partial charge in [-0.15, -0.1) is 0 Å². The summed E-state index contributed by atoms with van der Waals surface area (Å²) in [4.78, 5) is 24.0. The van der Waals surface area contributed by atoms with Crippen molar-refractivity contribution in [2.45, 2.75) is 31.1 Å². The van der Waals surface area contributed by atoms with Gasteiger partial charge in [0, 0.05) is 10.7 Å². The number of rotatable bonds is 6. The number of carboxylic acids is 1. The summed E-state index contributed by atoms with van der Waals surface area (Å²) in [5.74, 6) is -0.521. The molecule has 0 saturated heterocycles. The van der Waals surface area contributed by atoms with Gasteiger partial charge in [-0.3, -0.25) is 4.79 Å². The lowest BCUT2D eigenvalue weighted by Crippen LogP contribution is -2.37. The number of anilines is 1. The van der Waals surface area contributed by atoms with E-state index < -0.39 is 11.4 Å². The van der Waals surface area contributed by atoms with Crippen LogP contribution in [0.25, 0.3) is 10.8 Å². The summed E-state index contributed by atoms with van der Waals surface area (Å²) >= 11 is 6.04. The maximum atomic E-state index is 13.3. The summed E-state index contributed by atoms with van der Waals surface area (Å²) < 4.78 is 5.23. The number of hydrogen-bond acceptors (Lipinski definition) is 3. The molecular formula is C24H22ClNO4. The number of nitrogens with one attached hydrogen (secondary N) is 1. The molecule has 30 heavy (non-hydrogen) atoms. The highest BCUT2D eigenvalue weighted by molar-refractivity contribution is 6.30. The number of halogens is 1. The molecule has 4 rings (SSSR count). The zero-order chi connectivity index (χ0) is 21.1. The first kappa shape index (κ1) is 20.2. The Kier molecular flexibility index (Phi) is 5.64. The first-order valence-corrected chi connectivity index (χ1v) is 10.3. The molecular weight excluding hydrogens is 402 g/mol. The highest BCUT2D eigenvalue weighted by Crippen LogP contribution is 2.42. The number of fused-ring (bicyclic) bond motifs is 1. The van der Waals surface area contributed by atoms with Crippen LogP contribution in [-0.2, 0) is 15.0 Å². The van der Waals surface area contributed by atoms with E-state index in [1.165, 1.54) is 0 Å². The lowest BCUT2D eigenvalue weighted by molar-refractivity contribution is -0.139. The van der Waals surface area contributed by atoms with Crippen LogP contribution < -0.4 is 10.1 Å². The van der Waals surface area contributed by atoms with Crippen LogP contribution in [0.1, 0.15) is 31.2 Å². The fraction of sp³-hybridized carbons (Fsp3) is 0.250. The summed E-state index contributed by atoms with van der Waals surface area (Å²) in [6.45, 7) is -0.383. The summed E-state index contributed by atoms with van der Waals surface area (Å²) in [6, 6.07) is 18.6. The lowest BCUT2D eigenvalue weighted by atomic mass is 9.78. The molecule has 1 fully saturated rings. The Morgan fingerprint density at radius 1 is 0.967 bits per heavy atom. The molecule has 3 aromatic carbocycles. The van der Waals surface area contributed by atoms with Crippen LogP contribution in [-0.4, -0.2) is 23.6 Å². The molecule has 0 radical (unpaired) electrons. The average molecular weight is 424 g/mol. The van der Waals surface area contributed by atoms with Crippen LogP contribution >= 0.6 is 11.6 Å². The van der Waals surface area contributed by atoms with E-state index in [0.29, 0.717) is 10.8 Å². The van der Waals surface area contributed by atoms with Crippen molar-refractivity contribution in [1.29, 1.82) is 0 Å². The van der Waals surface area contributed by atoms with Crippen LogP contribution in [0, 0.1) is 0 Å². The zero-order valence-electron chi connectivity index (χ0n) is 16.4. The van der Waals surface area contributed by atoms with Crippen molar-refractivity contribution in [3.8, 4) is 5.75 Å². The van der Waals surface area contributed by atoms with Crippen molar-refractivity contribution >= 4 is 39.9 Å². The third kappa shape index (κ3) is 4.12. The number of carboxylic acid groups (broad SMARTS) is 1. The second-order valence-electron chi connectivity index (χ2n) is 7.66. The minimum atomic E-state index is -1.02. The van der Waals surface area contributed by atoms with Crippen LogP contribution in [0.2, 0.25) is 5.02 Å². The van der Waals surface area contributed by atoms with E-state index in [-0.39, 0.29) is 12.5 Å². The summed E-state index contributed by atoms with van der Waals surface area (Å²) in [6.07, 6.45) is 3.68. The molecule has 154 valence electrons. The topological polar surface area (TPSA) is 75.6 Å². The molecule has 1 amide bonds. The monoisotopic (exact) mass is 423 g/mol. The minimum absolute atomic E-state index is 0.00286. The molecule has 0 bridgehead atoms. The van der Waals surface area contributed by atoms with Gasteiger partial charge >= 0.3 is 5.97 Å². The van der Waals surface area contributed by atoms with Gasteiger partial charge in [-0.25, -0.2) is 4.79 Å². The fourth-order valence-corrected chi connectivity index (χ4v) is 4.31. The third-order valence-corrected chi connectivity index (χ3v) is 5.97. The summed E-state index contributed by atoms with van der Waals surface area (Å²) in [7, 11) is 0. The van der Waals surface area contributed by atoms with Crippen LogP contribution in [0.4, 0.5) is 5.69 Å². The van der Waals surface area contributed by atoms with Crippen LogP contribution in [0.5, 0.6) is 5.75 Å². The van der Waals surface area contributed by atoms with Crippen LogP contribution in [0.3, 0.4) is 0 Å². The predicted molar refractivity (Wildman–Crippen MR) is 117 cm³/mol. The molecule has 0 atom stereocenters. The van der Waals surface area contributed by atoms with Crippen LogP contribution in [0.15, 0.2) is 60.7 Å².